The molecule has 0 unspecified atom stereocenters. The van der Waals surface area contributed by atoms with E-state index in [1.54, 1.807) is 17.0 Å². The number of rotatable bonds is 7. The average Bonchev–Trinajstić information content (AvgIpc) is 2.70. The quantitative estimate of drug-likeness (QED) is 0.659. The van der Waals surface area contributed by atoms with Crippen molar-refractivity contribution in [2.75, 3.05) is 23.4 Å². The summed E-state index contributed by atoms with van der Waals surface area (Å²) in [6.07, 6.45) is 5.60. The molecule has 8 heteroatoms. The molecule has 0 aromatic heterocycles. The molecule has 1 aliphatic heterocycles. The number of nitrogens with zero attached hydrogens (tertiary/aromatic N) is 1. The number of halogens is 1. The van der Waals surface area contributed by atoms with E-state index in [2.05, 4.69) is 12.2 Å². The second kappa shape index (κ2) is 9.31. The fraction of sp³-hybridized carbons (Fsp3) is 0.476. The van der Waals surface area contributed by atoms with E-state index in [0.29, 0.717) is 52.7 Å². The van der Waals surface area contributed by atoms with Crippen LogP contribution in [0.2, 0.25) is 5.02 Å². The Morgan fingerprint density at radius 2 is 1.93 bits per heavy atom. The minimum atomic E-state index is -0.563. The van der Waals surface area contributed by atoms with Gasteiger partial charge in [-0.25, -0.2) is 0 Å². The summed E-state index contributed by atoms with van der Waals surface area (Å²) in [6.45, 7) is 2.65. The molecule has 0 bridgehead atoms. The fourth-order valence-electron chi connectivity index (χ4n) is 3.71. The molecule has 0 saturated carbocycles. The summed E-state index contributed by atoms with van der Waals surface area (Å²) in [4.78, 5) is 38.5. The van der Waals surface area contributed by atoms with Gasteiger partial charge in [-0.2, -0.15) is 0 Å². The Balaban J connectivity index is 1.88. The molecule has 7 nitrogen and oxygen atoms in total. The van der Waals surface area contributed by atoms with Crippen molar-refractivity contribution in [3.8, 4) is 5.75 Å². The largest absolute Gasteiger partial charge is 0.482 e. The molecule has 156 valence electrons. The van der Waals surface area contributed by atoms with Gasteiger partial charge in [0.15, 0.2) is 6.61 Å². The van der Waals surface area contributed by atoms with Gasteiger partial charge < -0.3 is 20.7 Å². The molecule has 1 aromatic carbocycles. The van der Waals surface area contributed by atoms with Crippen molar-refractivity contribution in [2.45, 2.75) is 51.9 Å². The molecule has 0 atom stereocenters. The second-order valence-corrected chi connectivity index (χ2v) is 7.73. The van der Waals surface area contributed by atoms with Gasteiger partial charge in [0.1, 0.15) is 5.75 Å². The van der Waals surface area contributed by atoms with Crippen LogP contribution in [-0.2, 0) is 14.4 Å². The van der Waals surface area contributed by atoms with Crippen LogP contribution in [0.25, 0.3) is 0 Å². The van der Waals surface area contributed by atoms with Crippen molar-refractivity contribution in [1.29, 1.82) is 0 Å². The molecule has 3 rings (SSSR count). The van der Waals surface area contributed by atoms with Gasteiger partial charge in [0, 0.05) is 23.8 Å². The fourth-order valence-corrected chi connectivity index (χ4v) is 3.91. The second-order valence-electron chi connectivity index (χ2n) is 7.32. The predicted octanol–water partition coefficient (Wildman–Crippen LogP) is 3.55. The molecule has 3 N–H and O–H groups in total. The third kappa shape index (κ3) is 4.72. The number of ether oxygens (including phenoxy) is 1. The highest BCUT2D eigenvalue weighted by molar-refractivity contribution is 6.34. The summed E-state index contributed by atoms with van der Waals surface area (Å²) in [5.41, 5.74) is 7.18. The van der Waals surface area contributed by atoms with Gasteiger partial charge in [-0.05, 0) is 38.2 Å². The summed E-state index contributed by atoms with van der Waals surface area (Å²) in [7, 11) is 0. The number of hydrogen-bond acceptors (Lipinski definition) is 4. The molecule has 2 aliphatic rings. The first-order chi connectivity index (χ1) is 13.9. The lowest BCUT2D eigenvalue weighted by molar-refractivity contribution is -0.121. The summed E-state index contributed by atoms with van der Waals surface area (Å²) in [5.74, 6) is -0.563. The summed E-state index contributed by atoms with van der Waals surface area (Å²) in [5, 5.41) is 3.09. The monoisotopic (exact) mass is 419 g/mol. The van der Waals surface area contributed by atoms with Gasteiger partial charge in [-0.15, -0.1) is 0 Å². The van der Waals surface area contributed by atoms with Gasteiger partial charge >= 0.3 is 0 Å². The van der Waals surface area contributed by atoms with E-state index in [0.717, 1.165) is 32.1 Å². The van der Waals surface area contributed by atoms with E-state index in [1.807, 2.05) is 0 Å². The van der Waals surface area contributed by atoms with Crippen molar-refractivity contribution in [1.82, 2.24) is 0 Å². The van der Waals surface area contributed by atoms with Gasteiger partial charge in [0.25, 0.3) is 11.8 Å². The van der Waals surface area contributed by atoms with E-state index in [-0.39, 0.29) is 18.4 Å². The zero-order valence-corrected chi connectivity index (χ0v) is 17.3. The summed E-state index contributed by atoms with van der Waals surface area (Å²) < 4.78 is 5.52. The molecule has 1 aromatic rings. The highest BCUT2D eigenvalue weighted by atomic mass is 35.5. The molecule has 1 aliphatic carbocycles. The number of fused-ring (bicyclic) bond motifs is 1. The molecule has 0 fully saturated rings. The Hall–Kier alpha value is -2.54. The number of nitrogens with one attached hydrogen (secondary N) is 1. The van der Waals surface area contributed by atoms with Crippen LogP contribution in [0.5, 0.6) is 5.75 Å². The first kappa shape index (κ1) is 21.2. The van der Waals surface area contributed by atoms with E-state index >= 15 is 0 Å². The van der Waals surface area contributed by atoms with Crippen LogP contribution < -0.4 is 20.7 Å². The molecular formula is C21H26ClN3O4. The van der Waals surface area contributed by atoms with Crippen LogP contribution in [0, 0.1) is 0 Å². The SMILES string of the molecule is CCCCCN1C(=O)COc2cc(Cl)c(NC(=O)C3=C(C(N)=O)CCCC3)cc21. The van der Waals surface area contributed by atoms with E-state index in [4.69, 9.17) is 22.1 Å². The highest BCUT2D eigenvalue weighted by Crippen LogP contribution is 2.39. The Kier molecular flexibility index (Phi) is 6.79. The van der Waals surface area contributed by atoms with Crippen molar-refractivity contribution in [3.05, 3.63) is 28.3 Å². The van der Waals surface area contributed by atoms with Crippen molar-refractivity contribution in [3.63, 3.8) is 0 Å². The number of carbonyl (C=O) groups is 3. The molecule has 1 heterocycles. The Bertz CT molecular complexity index is 866. The smallest absolute Gasteiger partial charge is 0.265 e. The van der Waals surface area contributed by atoms with Gasteiger partial charge in [0.05, 0.1) is 16.4 Å². The van der Waals surface area contributed by atoms with E-state index in [9.17, 15) is 14.4 Å². The standard InChI is InChI=1S/C21H26ClN3O4/c1-2-3-6-9-25-17-11-16(15(22)10-18(17)29-12-19(25)26)24-21(28)14-8-5-4-7-13(14)20(23)27/h10-11H,2-9,12H2,1H3,(H2,23,27)(H,24,28). The molecule has 0 spiro atoms. The normalized spacial score (nSPS) is 16.3. The highest BCUT2D eigenvalue weighted by Gasteiger charge is 2.28. The maximum atomic E-state index is 12.8. The lowest BCUT2D eigenvalue weighted by Gasteiger charge is -2.30. The van der Waals surface area contributed by atoms with E-state index < -0.39 is 5.91 Å². The van der Waals surface area contributed by atoms with Gasteiger partial charge in [-0.3, -0.25) is 14.4 Å². The van der Waals surface area contributed by atoms with E-state index in [1.165, 1.54) is 0 Å². The zero-order valence-electron chi connectivity index (χ0n) is 16.6. The number of carbonyl (C=O) groups excluding carboxylic acids is 3. The summed E-state index contributed by atoms with van der Waals surface area (Å²) >= 11 is 6.35. The minimum absolute atomic E-state index is 0.0317. The molecule has 0 saturated heterocycles. The third-order valence-electron chi connectivity index (χ3n) is 5.26. The van der Waals surface area contributed by atoms with Crippen molar-refractivity contribution in [2.24, 2.45) is 5.73 Å². The maximum absolute atomic E-state index is 12.8. The average molecular weight is 420 g/mol. The predicted molar refractivity (Wildman–Crippen MR) is 112 cm³/mol. The number of anilines is 2. The first-order valence-corrected chi connectivity index (χ1v) is 10.4. The number of nitrogens with two attached hydrogens (primary N) is 1. The number of primary amides is 1. The summed E-state index contributed by atoms with van der Waals surface area (Å²) in [6, 6.07) is 3.27. The minimum Gasteiger partial charge on any atom is -0.482 e. The molecule has 29 heavy (non-hydrogen) atoms. The zero-order chi connectivity index (χ0) is 21.0. The Morgan fingerprint density at radius 3 is 2.62 bits per heavy atom. The lowest BCUT2D eigenvalue weighted by Crippen LogP contribution is -2.39. The van der Waals surface area contributed by atoms with Crippen LogP contribution in [0.4, 0.5) is 11.4 Å². The maximum Gasteiger partial charge on any atom is 0.265 e. The van der Waals surface area contributed by atoms with Crippen LogP contribution in [0.1, 0.15) is 51.9 Å². The first-order valence-electron chi connectivity index (χ1n) is 10.0. The van der Waals surface area contributed by atoms with Crippen molar-refractivity contribution >= 4 is 40.7 Å². The molecular weight excluding hydrogens is 394 g/mol. The van der Waals surface area contributed by atoms with Gasteiger partial charge in [0.2, 0.25) is 5.91 Å². The van der Waals surface area contributed by atoms with Crippen LogP contribution >= 0.6 is 11.6 Å². The third-order valence-corrected chi connectivity index (χ3v) is 5.58. The molecule has 0 radical (unpaired) electrons. The molecule has 3 amide bonds. The van der Waals surface area contributed by atoms with Crippen LogP contribution in [-0.4, -0.2) is 30.9 Å². The number of benzene rings is 1. The Morgan fingerprint density at radius 1 is 1.21 bits per heavy atom. The number of amides is 3. The van der Waals surface area contributed by atoms with Crippen LogP contribution in [0.3, 0.4) is 0 Å². The number of hydrogen-bond donors (Lipinski definition) is 2. The lowest BCUT2D eigenvalue weighted by atomic mass is 9.90. The van der Waals surface area contributed by atoms with Crippen LogP contribution in [0.15, 0.2) is 23.3 Å². The number of unbranched alkanes of at least 4 members (excludes halogenated alkanes) is 2. The Labute approximate surface area is 175 Å². The van der Waals surface area contributed by atoms with Crippen molar-refractivity contribution < 1.29 is 19.1 Å². The van der Waals surface area contributed by atoms with Gasteiger partial charge in [-0.1, -0.05) is 31.4 Å². The topological polar surface area (TPSA) is 102 Å².